The summed E-state index contributed by atoms with van der Waals surface area (Å²) in [6, 6.07) is 4.23. The van der Waals surface area contributed by atoms with Gasteiger partial charge in [0.25, 0.3) is 11.1 Å². The number of anilines is 2. The standard InChI is InChI=1S/2C17H25ClN3O8P.2C13H19ClN3O6P/c2*1-9(2)14(23)26-7-10(3)20-30(25)27-8-11-13(29-30)17(4,18)15(28-11)21-6-5-12(22)19-16(21)24;2*1-7(2)22-24(19)20-6-8-10(23-24)13(3,14)11(21-8)17-5-4-9(15)16-12(17)18/h2*5-6,9-11,13,15H,7-8H2,1-4H3,(H,20,25)(H,19,22,24);2*4-5,7-8,10-11H,6H2,1-3H3,(H2,15,16,18)/t10?,11-,13-,15-,17-,30?;10-,11+,13+,15+,17+,30?;8-,10-,11-,13-,24+;8-,10-,11-,13-,24-/m1011/s1. The second kappa shape index (κ2) is 34.0. The van der Waals surface area contributed by atoms with Gasteiger partial charge in [0, 0.05) is 49.0 Å². The van der Waals surface area contributed by atoms with Crippen LogP contribution in [0.5, 0.6) is 0 Å². The molecule has 0 aliphatic carbocycles. The Morgan fingerprint density at radius 2 is 0.778 bits per heavy atom. The van der Waals surface area contributed by atoms with E-state index in [9.17, 15) is 56.6 Å². The lowest BCUT2D eigenvalue weighted by Crippen LogP contribution is -2.47. The Morgan fingerprint density at radius 1 is 0.491 bits per heavy atom. The van der Waals surface area contributed by atoms with E-state index in [1.165, 1.54) is 58.2 Å². The molecule has 12 heterocycles. The molecular formula is C60H88Cl4N12O28P4. The van der Waals surface area contributed by atoms with Gasteiger partial charge in [0.2, 0.25) is 0 Å². The minimum atomic E-state index is -3.79. The summed E-state index contributed by atoms with van der Waals surface area (Å²) in [5.41, 5.74) is 7.29. The van der Waals surface area contributed by atoms with E-state index in [1.54, 1.807) is 96.9 Å². The van der Waals surface area contributed by atoms with Crippen molar-refractivity contribution in [3.8, 4) is 0 Å². The van der Waals surface area contributed by atoms with E-state index in [0.29, 0.717) is 0 Å². The number of carbonyl (C=O) groups excluding carboxylic acids is 2. The Hall–Kier alpha value is -4.90. The third kappa shape index (κ3) is 20.0. The van der Waals surface area contributed by atoms with Crippen LogP contribution in [0.3, 0.4) is 0 Å². The van der Waals surface area contributed by atoms with Crippen molar-refractivity contribution < 1.29 is 102 Å². The Labute approximate surface area is 636 Å². The number of nitrogen functional groups attached to an aromatic ring is 2. The van der Waals surface area contributed by atoms with Gasteiger partial charge in [-0.1, -0.05) is 27.7 Å². The topological polar surface area (TPSA) is 506 Å². The molecule has 0 radical (unpaired) electrons. The Morgan fingerprint density at radius 3 is 1.06 bits per heavy atom. The minimum Gasteiger partial charge on any atom is -0.464 e. The predicted molar refractivity (Wildman–Crippen MR) is 384 cm³/mol. The van der Waals surface area contributed by atoms with Crippen molar-refractivity contribution in [2.45, 2.75) is 214 Å². The van der Waals surface area contributed by atoms with Crippen LogP contribution in [-0.2, 0) is 102 Å². The number of hydrogen-bond acceptors (Lipinski definition) is 32. The highest BCUT2D eigenvalue weighted by Gasteiger charge is 2.64. The molecular weight excluding hydrogens is 1600 g/mol. The Kier molecular flexibility index (Phi) is 27.4. The number of phosphoric ester groups is 2. The van der Waals surface area contributed by atoms with E-state index in [4.69, 9.17) is 132 Å². The number of aromatic amines is 2. The van der Waals surface area contributed by atoms with Crippen molar-refractivity contribution >= 4 is 101 Å². The number of nitrogens with one attached hydrogen (secondary N) is 4. The van der Waals surface area contributed by atoms with Crippen LogP contribution in [0.25, 0.3) is 0 Å². The summed E-state index contributed by atoms with van der Waals surface area (Å²) in [6.07, 6.45) is -4.91. The summed E-state index contributed by atoms with van der Waals surface area (Å²) in [6.45, 7) is 23.2. The number of nitrogens with zero attached hydrogens (tertiary/aromatic N) is 6. The zero-order valence-electron chi connectivity index (χ0n) is 60.8. The first kappa shape index (κ1) is 87.1. The Balaban J connectivity index is 0.000000167. The van der Waals surface area contributed by atoms with E-state index in [-0.39, 0.29) is 87.3 Å². The number of aromatic nitrogens is 8. The molecule has 604 valence electrons. The van der Waals surface area contributed by atoms with Crippen molar-refractivity contribution in [1.29, 1.82) is 0 Å². The van der Waals surface area contributed by atoms with Gasteiger partial charge in [-0.15, -0.1) is 46.4 Å². The van der Waals surface area contributed by atoms with Crippen LogP contribution in [0.1, 0.15) is 122 Å². The molecule has 4 aromatic rings. The van der Waals surface area contributed by atoms with Crippen LogP contribution in [0.2, 0.25) is 0 Å². The van der Waals surface area contributed by atoms with Gasteiger partial charge in [0.1, 0.15) is 93.2 Å². The summed E-state index contributed by atoms with van der Waals surface area (Å²) in [5.74, 6) is -1.12. The summed E-state index contributed by atoms with van der Waals surface area (Å²) in [5, 5.41) is 5.43. The molecule has 4 aromatic heterocycles. The largest absolute Gasteiger partial charge is 0.475 e. The smallest absolute Gasteiger partial charge is 0.464 e. The van der Waals surface area contributed by atoms with Gasteiger partial charge in [-0.25, -0.2) is 47.6 Å². The van der Waals surface area contributed by atoms with Crippen LogP contribution in [0.4, 0.5) is 11.6 Å². The fraction of sp³-hybridized carbons (Fsp3) is 0.700. The first-order chi connectivity index (χ1) is 50.1. The van der Waals surface area contributed by atoms with Crippen molar-refractivity contribution in [3.63, 3.8) is 0 Å². The molecule has 0 bridgehead atoms. The second-order valence-corrected chi connectivity index (χ2v) is 37.8. The number of halogens is 4. The highest BCUT2D eigenvalue weighted by molar-refractivity contribution is 7.52. The van der Waals surface area contributed by atoms with Crippen molar-refractivity contribution in [3.05, 3.63) is 112 Å². The normalized spacial score (nSPS) is 36.6. The molecule has 0 aromatic carbocycles. The lowest BCUT2D eigenvalue weighted by atomic mass is 10.0. The molecule has 8 aliphatic rings. The van der Waals surface area contributed by atoms with Crippen LogP contribution in [0, 0.1) is 11.8 Å². The van der Waals surface area contributed by atoms with E-state index < -0.39 is 170 Å². The average molecular weight is 1690 g/mol. The van der Waals surface area contributed by atoms with Gasteiger partial charge in [0.05, 0.1) is 50.5 Å². The first-order valence-electron chi connectivity index (χ1n) is 33.8. The van der Waals surface area contributed by atoms with Gasteiger partial charge in [-0.3, -0.25) is 92.7 Å². The summed E-state index contributed by atoms with van der Waals surface area (Å²) in [7, 11) is -15.1. The molecule has 0 spiro atoms. The number of fused-ring (bicyclic) bond motifs is 4. The number of ether oxygens (including phenoxy) is 6. The predicted octanol–water partition coefficient (Wildman–Crippen LogP) is 5.60. The van der Waals surface area contributed by atoms with E-state index in [2.05, 4.69) is 30.1 Å². The van der Waals surface area contributed by atoms with Gasteiger partial charge in [0.15, 0.2) is 24.9 Å². The molecule has 0 amide bonds. The summed E-state index contributed by atoms with van der Waals surface area (Å²) in [4.78, 5) is 101. The van der Waals surface area contributed by atoms with Crippen LogP contribution in [-0.4, -0.2) is 182 Å². The van der Waals surface area contributed by atoms with Crippen LogP contribution < -0.4 is 55.5 Å². The number of phosphoric acid groups is 2. The quantitative estimate of drug-likeness (QED) is 0.0401. The second-order valence-electron chi connectivity index (χ2n) is 27.9. The highest BCUT2D eigenvalue weighted by Crippen LogP contribution is 2.63. The number of carbonyl (C=O) groups is 2. The molecule has 22 atom stereocenters. The molecule has 8 saturated heterocycles. The van der Waals surface area contributed by atoms with Gasteiger partial charge < -0.3 is 39.9 Å². The molecule has 8 aliphatic heterocycles. The molecule has 108 heavy (non-hydrogen) atoms. The number of H-pyrrole nitrogens is 2. The summed E-state index contributed by atoms with van der Waals surface area (Å²) < 4.78 is 144. The molecule has 12 rings (SSSR count). The van der Waals surface area contributed by atoms with Gasteiger partial charge >= 0.3 is 65.8 Å². The van der Waals surface area contributed by atoms with E-state index in [0.717, 1.165) is 9.13 Å². The SMILES string of the molecule is CC(C)C(=O)OC[C@H](C)NP1(=O)OC[C@H]2O[C@@H](n3ccc(=O)[nH]c3=O)[C@](C)(Cl)[C@@H]2O1.CC(C)O[P@@]1(=O)OC[C@H]2O[C@@H](n3ccc(N)nc3=O)[C@](C)(Cl)[C@@H]2O1.CC(C)O[P@]1(=O)OC[C@H]2O[C@@H](n3ccc(N)nc3=O)[C@](C)(Cl)[C@@H]2O1.CC(COC(=O)C(C)C)NP1(=O)OC[C@H]2O[C@@H](n3ccc(=O)[nH]c3=O)[C@](C)(Cl)[C@@H]2O1. The number of alkyl halides is 4. The minimum absolute atomic E-state index is 0.0220. The molecule has 8 N–H and O–H groups in total. The monoisotopic (exact) mass is 1690 g/mol. The van der Waals surface area contributed by atoms with Crippen molar-refractivity contribution in [1.82, 2.24) is 48.4 Å². The zero-order valence-corrected chi connectivity index (χ0v) is 67.4. The lowest BCUT2D eigenvalue weighted by molar-refractivity contribution is -0.148. The number of nitrogens with two attached hydrogens (primary N) is 2. The number of hydrogen-bond donors (Lipinski definition) is 6. The van der Waals surface area contributed by atoms with Gasteiger partial charge in [-0.2, -0.15) is 9.97 Å². The van der Waals surface area contributed by atoms with Crippen LogP contribution >= 0.6 is 77.5 Å². The average Bonchev–Trinajstić information content (AvgIpc) is 1.61. The molecule has 0 saturated carbocycles. The number of rotatable bonds is 18. The molecule has 8 fully saturated rings. The highest BCUT2D eigenvalue weighted by atomic mass is 35.5. The third-order valence-electron chi connectivity index (χ3n) is 17.1. The maximum atomic E-state index is 13.1. The van der Waals surface area contributed by atoms with Crippen molar-refractivity contribution in [2.75, 3.05) is 51.1 Å². The fourth-order valence-electron chi connectivity index (χ4n) is 12.0. The molecule has 48 heteroatoms. The maximum Gasteiger partial charge on any atom is 0.475 e. The zero-order chi connectivity index (χ0) is 79.9. The van der Waals surface area contributed by atoms with E-state index in [1.807, 2.05) is 0 Å². The third-order valence-corrected chi connectivity index (χ3v) is 25.4. The number of esters is 2. The molecule has 40 nitrogen and oxygen atoms in total. The summed E-state index contributed by atoms with van der Waals surface area (Å²) >= 11 is 26.6. The lowest BCUT2D eigenvalue weighted by Gasteiger charge is -2.36. The van der Waals surface area contributed by atoms with Crippen molar-refractivity contribution in [2.24, 2.45) is 11.8 Å². The Bertz CT molecular complexity index is 4230. The molecule has 3 unspecified atom stereocenters. The fourth-order valence-corrected chi connectivity index (χ4v) is 20.5. The first-order valence-corrected chi connectivity index (χ1v) is 41.3. The van der Waals surface area contributed by atoms with Crippen LogP contribution in [0.15, 0.2) is 77.8 Å². The van der Waals surface area contributed by atoms with E-state index >= 15 is 0 Å². The van der Waals surface area contributed by atoms with Gasteiger partial charge in [-0.05, 0) is 81.4 Å². The maximum absolute atomic E-state index is 13.1.